The molecule has 5 aliphatic rings. The van der Waals surface area contributed by atoms with Gasteiger partial charge >= 0.3 is 0 Å². The van der Waals surface area contributed by atoms with Crippen LogP contribution in [0.3, 0.4) is 0 Å². The van der Waals surface area contributed by atoms with Gasteiger partial charge in [-0.05, 0) is 148 Å². The number of hydrogen-bond donors (Lipinski definition) is 0. The molecule has 3 aliphatic carbocycles. The van der Waals surface area contributed by atoms with Gasteiger partial charge in [0, 0.05) is 53.5 Å². The molecule has 0 fully saturated rings. The first-order valence-corrected chi connectivity index (χ1v) is 24.5. The predicted octanol–water partition coefficient (Wildman–Crippen LogP) is 14.9. The first-order valence-electron chi connectivity index (χ1n) is 23.7. The summed E-state index contributed by atoms with van der Waals surface area (Å²) in [7, 11) is 0. The Labute approximate surface area is 391 Å². The van der Waals surface area contributed by atoms with Crippen molar-refractivity contribution < 1.29 is 0 Å². The SMILES string of the molecule is CC1(C)c2ccccc2-c2cc(N3c4cc5c(cc4B4c6cc7c(cc6-c6cc(-c8cccc9sc%10ccccc%10c89)cc3c64)-c3ccccc3C7(C)C)C(C)(C)c3ccccc3-5)ccc21. The smallest absolute Gasteiger partial charge is 0.248 e. The molecule has 0 radical (unpaired) electrons. The molecule has 10 aromatic rings. The fourth-order valence-electron chi connectivity index (χ4n) is 13.7. The van der Waals surface area contributed by atoms with Crippen LogP contribution >= 0.6 is 11.3 Å². The van der Waals surface area contributed by atoms with Crippen molar-refractivity contribution in [3.05, 3.63) is 203 Å². The van der Waals surface area contributed by atoms with Gasteiger partial charge in [0.15, 0.2) is 0 Å². The van der Waals surface area contributed by atoms with E-state index in [0.717, 1.165) is 0 Å². The lowest BCUT2D eigenvalue weighted by atomic mass is 9.36. The number of rotatable bonds is 2. The van der Waals surface area contributed by atoms with Gasteiger partial charge in [0.25, 0.3) is 0 Å². The molecule has 312 valence electrons. The van der Waals surface area contributed by atoms with E-state index in [1.807, 2.05) is 11.3 Å². The lowest BCUT2D eigenvalue weighted by Crippen LogP contribution is -2.55. The van der Waals surface area contributed by atoms with Crippen molar-refractivity contribution in [2.45, 2.75) is 57.8 Å². The quantitative estimate of drug-likeness (QED) is 0.157. The van der Waals surface area contributed by atoms with Crippen molar-refractivity contribution in [2.24, 2.45) is 0 Å². The monoisotopic (exact) mass is 859 g/mol. The molecule has 3 heteroatoms. The van der Waals surface area contributed by atoms with Gasteiger partial charge in [0.1, 0.15) is 0 Å². The summed E-state index contributed by atoms with van der Waals surface area (Å²) in [5, 5.41) is 2.68. The molecule has 0 spiro atoms. The molecule has 0 unspecified atom stereocenters. The third-order valence-electron chi connectivity index (χ3n) is 16.9. The van der Waals surface area contributed by atoms with E-state index in [0.29, 0.717) is 0 Å². The topological polar surface area (TPSA) is 3.24 Å². The maximum absolute atomic E-state index is 2.67. The van der Waals surface area contributed by atoms with Crippen molar-refractivity contribution >= 4 is 71.7 Å². The first kappa shape index (κ1) is 37.3. The van der Waals surface area contributed by atoms with E-state index >= 15 is 0 Å². The van der Waals surface area contributed by atoms with Crippen molar-refractivity contribution in [3.63, 3.8) is 0 Å². The van der Waals surface area contributed by atoms with Crippen LogP contribution in [0.4, 0.5) is 17.1 Å². The lowest BCUT2D eigenvalue weighted by Gasteiger charge is -2.38. The third kappa shape index (κ3) is 4.48. The first-order chi connectivity index (χ1) is 32.0. The van der Waals surface area contributed by atoms with Gasteiger partial charge in [-0.1, -0.05) is 168 Å². The minimum atomic E-state index is -0.132. The van der Waals surface area contributed by atoms with Gasteiger partial charge in [-0.25, -0.2) is 0 Å². The maximum Gasteiger partial charge on any atom is 0.248 e. The van der Waals surface area contributed by atoms with Gasteiger partial charge in [-0.3, -0.25) is 0 Å². The summed E-state index contributed by atoms with van der Waals surface area (Å²) in [6, 6.07) is 66.2. The van der Waals surface area contributed by atoms with Crippen LogP contribution in [-0.4, -0.2) is 6.71 Å². The van der Waals surface area contributed by atoms with Crippen molar-refractivity contribution in [2.75, 3.05) is 4.90 Å². The van der Waals surface area contributed by atoms with Gasteiger partial charge in [0.2, 0.25) is 6.71 Å². The fraction of sp³-hybridized carbons (Fsp3) is 0.143. The zero-order valence-corrected chi connectivity index (χ0v) is 38.9. The van der Waals surface area contributed by atoms with E-state index in [1.54, 1.807) is 0 Å². The van der Waals surface area contributed by atoms with Crippen LogP contribution in [0.15, 0.2) is 170 Å². The van der Waals surface area contributed by atoms with Crippen LogP contribution in [0.1, 0.15) is 74.9 Å². The van der Waals surface area contributed by atoms with E-state index in [9.17, 15) is 0 Å². The van der Waals surface area contributed by atoms with E-state index < -0.39 is 0 Å². The minimum absolute atomic E-state index is 0.0757. The Hall–Kier alpha value is -6.94. The zero-order valence-electron chi connectivity index (χ0n) is 38.1. The van der Waals surface area contributed by atoms with Gasteiger partial charge in [-0.15, -0.1) is 11.3 Å². The zero-order chi connectivity index (χ0) is 44.2. The standard InChI is InChI=1S/C63H46BNS/c1-61(2)47-21-11-7-16-38(47)42-30-36(26-27-50(42)61)65-55-32-44-40-18-9-13-23-49(40)63(5,6)52(44)34-54(55)64-53-33-51-43(39-17-8-12-22-48(39)62(51,3)4)31-45(53)46-28-35(29-56(65)60(46)64)37-20-15-25-58-59(37)41-19-10-14-24-57(41)66-58/h7-34H,1-6H3. The van der Waals surface area contributed by atoms with Crippen molar-refractivity contribution in [1.82, 2.24) is 0 Å². The molecular formula is C63H46BNS. The van der Waals surface area contributed by atoms with Crippen LogP contribution < -0.4 is 21.3 Å². The molecule has 3 heterocycles. The summed E-state index contributed by atoms with van der Waals surface area (Å²) in [6.07, 6.45) is 0. The molecule has 1 nitrogen and oxygen atoms in total. The summed E-state index contributed by atoms with van der Waals surface area (Å²) in [4.78, 5) is 2.67. The Morgan fingerprint density at radius 2 is 0.924 bits per heavy atom. The molecule has 0 N–H and O–H groups in total. The number of fused-ring (bicyclic) bond motifs is 17. The number of hydrogen-bond acceptors (Lipinski definition) is 2. The Morgan fingerprint density at radius 3 is 1.62 bits per heavy atom. The summed E-state index contributed by atoms with van der Waals surface area (Å²) in [6.45, 7) is 14.6. The second-order valence-corrected chi connectivity index (χ2v) is 22.3. The largest absolute Gasteiger partial charge is 0.311 e. The normalized spacial score (nSPS) is 16.3. The molecular weight excluding hydrogens is 814 g/mol. The molecule has 9 aromatic carbocycles. The van der Waals surface area contributed by atoms with Crippen LogP contribution in [0.2, 0.25) is 0 Å². The van der Waals surface area contributed by atoms with Gasteiger partial charge in [0.05, 0.1) is 0 Å². The lowest BCUT2D eigenvalue weighted by molar-refractivity contribution is 0.660. The molecule has 1 aromatic heterocycles. The number of benzene rings is 9. The summed E-state index contributed by atoms with van der Waals surface area (Å²) in [5.74, 6) is 0. The average Bonchev–Trinajstić information content (AvgIpc) is 4.06. The second kappa shape index (κ2) is 12.3. The highest BCUT2D eigenvalue weighted by Crippen LogP contribution is 2.56. The van der Waals surface area contributed by atoms with E-state index in [1.165, 1.54) is 143 Å². The summed E-state index contributed by atoms with van der Waals surface area (Å²) in [5.41, 5.74) is 29.6. The number of thiophene rings is 1. The maximum atomic E-state index is 2.67. The predicted molar refractivity (Wildman–Crippen MR) is 282 cm³/mol. The average molecular weight is 860 g/mol. The van der Waals surface area contributed by atoms with Crippen molar-refractivity contribution in [1.29, 1.82) is 0 Å². The van der Waals surface area contributed by atoms with Gasteiger partial charge < -0.3 is 4.90 Å². The van der Waals surface area contributed by atoms with Crippen LogP contribution in [-0.2, 0) is 16.2 Å². The molecule has 0 saturated carbocycles. The highest BCUT2D eigenvalue weighted by atomic mass is 32.1. The summed E-state index contributed by atoms with van der Waals surface area (Å²) >= 11 is 1.90. The van der Waals surface area contributed by atoms with E-state index in [4.69, 9.17) is 0 Å². The van der Waals surface area contributed by atoms with Crippen LogP contribution in [0.25, 0.3) is 75.8 Å². The van der Waals surface area contributed by atoms with Crippen LogP contribution in [0.5, 0.6) is 0 Å². The van der Waals surface area contributed by atoms with E-state index in [2.05, 4.69) is 216 Å². The highest BCUT2D eigenvalue weighted by molar-refractivity contribution is 7.26. The highest BCUT2D eigenvalue weighted by Gasteiger charge is 2.48. The van der Waals surface area contributed by atoms with Crippen molar-refractivity contribution in [3.8, 4) is 55.6 Å². The number of anilines is 3. The Bertz CT molecular complexity index is 3880. The molecule has 2 aliphatic heterocycles. The molecule has 0 saturated heterocycles. The van der Waals surface area contributed by atoms with Crippen LogP contribution in [0, 0.1) is 0 Å². The third-order valence-corrected chi connectivity index (χ3v) is 18.0. The number of nitrogens with zero attached hydrogens (tertiary/aromatic N) is 1. The molecule has 0 amide bonds. The minimum Gasteiger partial charge on any atom is -0.311 e. The molecule has 66 heavy (non-hydrogen) atoms. The Balaban J connectivity index is 1.08. The van der Waals surface area contributed by atoms with Gasteiger partial charge in [-0.2, -0.15) is 0 Å². The second-order valence-electron chi connectivity index (χ2n) is 21.2. The Morgan fingerprint density at radius 1 is 0.379 bits per heavy atom. The molecule has 0 bridgehead atoms. The summed E-state index contributed by atoms with van der Waals surface area (Å²) < 4.78 is 2.66. The fourth-order valence-corrected chi connectivity index (χ4v) is 14.8. The molecule has 15 rings (SSSR count). The molecule has 0 atom stereocenters. The Kier molecular flexibility index (Phi) is 6.94. The van der Waals surface area contributed by atoms with E-state index in [-0.39, 0.29) is 23.0 Å².